The minimum atomic E-state index is -3.51. The molecule has 0 aliphatic carbocycles. The second-order valence-electron chi connectivity index (χ2n) is 9.37. The van der Waals surface area contributed by atoms with Gasteiger partial charge in [0.15, 0.2) is 0 Å². The van der Waals surface area contributed by atoms with Gasteiger partial charge in [0.1, 0.15) is 5.82 Å². The molecule has 6 nitrogen and oxygen atoms in total. The van der Waals surface area contributed by atoms with Crippen molar-refractivity contribution >= 4 is 27.5 Å². The molecule has 2 aromatic rings. The number of benzene rings is 2. The molecule has 34 heavy (non-hydrogen) atoms. The number of sulfonamides is 1. The summed E-state index contributed by atoms with van der Waals surface area (Å²) in [5.41, 5.74) is 1.63. The lowest BCUT2D eigenvalue weighted by Crippen LogP contribution is -2.47. The number of likely N-dealkylation sites (tertiary alicyclic amines) is 1. The number of thioether (sulfide) groups is 1. The number of hydrogen-bond acceptors (Lipinski definition) is 6. The maximum absolute atomic E-state index is 13.5. The molecule has 0 spiro atoms. The maximum atomic E-state index is 13.5. The maximum Gasteiger partial charge on any atom is 0.243 e. The Morgan fingerprint density at radius 3 is 2.38 bits per heavy atom. The zero-order chi connectivity index (χ0) is 23.7. The Kier molecular flexibility index (Phi) is 6.85. The van der Waals surface area contributed by atoms with Gasteiger partial charge in [-0.3, -0.25) is 0 Å². The Bertz CT molecular complexity index is 1170. The van der Waals surface area contributed by atoms with Crippen LogP contribution in [0.3, 0.4) is 0 Å². The normalized spacial score (nSPS) is 20.9. The van der Waals surface area contributed by atoms with Crippen molar-refractivity contribution in [2.75, 3.05) is 43.5 Å². The molecule has 9 heteroatoms. The highest BCUT2D eigenvalue weighted by atomic mass is 32.2. The van der Waals surface area contributed by atoms with Crippen molar-refractivity contribution < 1.29 is 12.8 Å². The molecule has 0 radical (unpaired) electrons. The summed E-state index contributed by atoms with van der Waals surface area (Å²) in [5.74, 6) is 1.24. The topological polar surface area (TPSA) is 67.6 Å². The summed E-state index contributed by atoms with van der Waals surface area (Å²) in [6.45, 7) is 4.20. The first-order chi connectivity index (χ1) is 16.4. The first-order valence-corrected chi connectivity index (χ1v) is 14.3. The monoisotopic (exact) mass is 500 g/mol. The van der Waals surface area contributed by atoms with E-state index in [1.165, 1.54) is 17.8 Å². The molecule has 0 saturated carbocycles. The highest BCUT2D eigenvalue weighted by molar-refractivity contribution is 7.99. The molecular weight excluding hydrogens is 471 g/mol. The van der Waals surface area contributed by atoms with Crippen molar-refractivity contribution in [3.8, 4) is 6.07 Å². The number of rotatable bonds is 5. The van der Waals surface area contributed by atoms with E-state index in [1.54, 1.807) is 40.3 Å². The van der Waals surface area contributed by atoms with Crippen LogP contribution >= 0.6 is 11.8 Å². The Morgan fingerprint density at radius 2 is 1.71 bits per heavy atom. The van der Waals surface area contributed by atoms with E-state index in [4.69, 9.17) is 5.26 Å². The molecule has 0 N–H and O–H groups in total. The van der Waals surface area contributed by atoms with Crippen molar-refractivity contribution in [3.05, 3.63) is 53.8 Å². The van der Waals surface area contributed by atoms with Crippen LogP contribution < -0.4 is 4.90 Å². The molecule has 2 fully saturated rings. The summed E-state index contributed by atoms with van der Waals surface area (Å²) in [7, 11) is -3.51. The van der Waals surface area contributed by atoms with Gasteiger partial charge in [0.2, 0.25) is 10.0 Å². The van der Waals surface area contributed by atoms with Gasteiger partial charge in [-0.15, -0.1) is 11.8 Å². The van der Waals surface area contributed by atoms with E-state index in [9.17, 15) is 12.8 Å². The molecule has 5 rings (SSSR count). The lowest BCUT2D eigenvalue weighted by atomic mass is 9.95. The third-order valence-electron chi connectivity index (χ3n) is 7.30. The van der Waals surface area contributed by atoms with Gasteiger partial charge in [-0.05, 0) is 74.1 Å². The average Bonchev–Trinajstić information content (AvgIpc) is 3.28. The van der Waals surface area contributed by atoms with Crippen molar-refractivity contribution in [3.63, 3.8) is 0 Å². The highest BCUT2D eigenvalue weighted by Crippen LogP contribution is 2.41. The Labute approximate surface area is 205 Å². The van der Waals surface area contributed by atoms with Crippen LogP contribution in [0.1, 0.15) is 31.2 Å². The van der Waals surface area contributed by atoms with Gasteiger partial charge >= 0.3 is 0 Å². The molecule has 0 aromatic heterocycles. The minimum Gasteiger partial charge on any atom is -0.358 e. The van der Waals surface area contributed by atoms with E-state index in [-0.39, 0.29) is 10.7 Å². The predicted molar refractivity (Wildman–Crippen MR) is 132 cm³/mol. The summed E-state index contributed by atoms with van der Waals surface area (Å²) in [6, 6.07) is 13.8. The largest absolute Gasteiger partial charge is 0.358 e. The summed E-state index contributed by atoms with van der Waals surface area (Å²) >= 11 is 1.72. The second-order valence-corrected chi connectivity index (χ2v) is 12.3. The van der Waals surface area contributed by atoms with Crippen LogP contribution in [0.2, 0.25) is 0 Å². The van der Waals surface area contributed by atoms with Gasteiger partial charge in [-0.1, -0.05) is 0 Å². The molecule has 0 unspecified atom stereocenters. The van der Waals surface area contributed by atoms with E-state index >= 15 is 0 Å². The zero-order valence-electron chi connectivity index (χ0n) is 19.1. The fraction of sp³-hybridized carbons (Fsp3) is 0.480. The van der Waals surface area contributed by atoms with E-state index in [0.29, 0.717) is 30.6 Å². The van der Waals surface area contributed by atoms with Crippen LogP contribution in [0.4, 0.5) is 10.1 Å². The number of halogens is 1. The standard InChI is InChI=1S/C25H29FN4O2S2/c26-21-3-6-24-25(15-21)33-18-30(24)22-9-11-28(12-10-22)17-20-7-13-29(14-8-20)34(31,32)23-4-1-19(16-27)2-5-23/h1-6,15,20,22H,7-14,17-18H2. The molecule has 3 heterocycles. The Hall–Kier alpha value is -2.12. The molecule has 180 valence electrons. The van der Waals surface area contributed by atoms with Crippen LogP contribution in [0.15, 0.2) is 52.3 Å². The number of piperidine rings is 2. The van der Waals surface area contributed by atoms with Gasteiger partial charge < -0.3 is 9.80 Å². The number of nitrogens with zero attached hydrogens (tertiary/aromatic N) is 4. The average molecular weight is 501 g/mol. The summed E-state index contributed by atoms with van der Waals surface area (Å²) < 4.78 is 41.0. The second kappa shape index (κ2) is 9.86. The van der Waals surface area contributed by atoms with Gasteiger partial charge in [-0.25, -0.2) is 12.8 Å². The predicted octanol–water partition coefficient (Wildman–Crippen LogP) is 4.13. The number of nitriles is 1. The van der Waals surface area contributed by atoms with E-state index in [1.807, 2.05) is 12.1 Å². The van der Waals surface area contributed by atoms with E-state index in [0.717, 1.165) is 56.1 Å². The lowest BCUT2D eigenvalue weighted by molar-refractivity contribution is 0.152. The van der Waals surface area contributed by atoms with Crippen molar-refractivity contribution in [1.29, 1.82) is 5.26 Å². The Morgan fingerprint density at radius 1 is 1.00 bits per heavy atom. The first-order valence-electron chi connectivity index (χ1n) is 11.9. The fourth-order valence-electron chi connectivity index (χ4n) is 5.31. The summed E-state index contributed by atoms with van der Waals surface area (Å²) in [4.78, 5) is 6.27. The number of hydrogen-bond donors (Lipinski definition) is 0. The molecule has 3 aliphatic heterocycles. The van der Waals surface area contributed by atoms with Gasteiger partial charge in [0.05, 0.1) is 28.1 Å². The highest BCUT2D eigenvalue weighted by Gasteiger charge is 2.33. The lowest BCUT2D eigenvalue weighted by Gasteiger charge is -2.40. The van der Waals surface area contributed by atoms with Crippen LogP contribution in [-0.4, -0.2) is 62.3 Å². The summed E-state index contributed by atoms with van der Waals surface area (Å²) in [5, 5.41) is 8.93. The van der Waals surface area contributed by atoms with Crippen LogP contribution in [0.25, 0.3) is 0 Å². The third kappa shape index (κ3) is 4.82. The molecule has 2 aromatic carbocycles. The fourth-order valence-corrected chi connectivity index (χ4v) is 7.94. The van der Waals surface area contributed by atoms with Crippen LogP contribution in [0, 0.1) is 23.1 Å². The Balaban J connectivity index is 1.10. The molecule has 3 aliphatic rings. The van der Waals surface area contributed by atoms with Crippen molar-refractivity contribution in [2.24, 2.45) is 5.92 Å². The van der Waals surface area contributed by atoms with Crippen molar-refractivity contribution in [1.82, 2.24) is 9.21 Å². The summed E-state index contributed by atoms with van der Waals surface area (Å²) in [6.07, 6.45) is 3.95. The number of anilines is 1. The molecular formula is C25H29FN4O2S2. The van der Waals surface area contributed by atoms with Crippen molar-refractivity contribution in [2.45, 2.75) is 41.5 Å². The van der Waals surface area contributed by atoms with Gasteiger partial charge in [0, 0.05) is 43.7 Å². The molecule has 0 bridgehead atoms. The molecule has 2 saturated heterocycles. The third-order valence-corrected chi connectivity index (χ3v) is 10.3. The molecule has 0 amide bonds. The van der Waals surface area contributed by atoms with Crippen LogP contribution in [-0.2, 0) is 10.0 Å². The first kappa shape index (κ1) is 23.6. The minimum absolute atomic E-state index is 0.168. The number of fused-ring (bicyclic) bond motifs is 1. The van der Waals surface area contributed by atoms with E-state index < -0.39 is 10.0 Å². The van der Waals surface area contributed by atoms with Crippen LogP contribution in [0.5, 0.6) is 0 Å². The van der Waals surface area contributed by atoms with E-state index in [2.05, 4.69) is 9.80 Å². The smallest absolute Gasteiger partial charge is 0.243 e. The zero-order valence-corrected chi connectivity index (χ0v) is 20.7. The van der Waals surface area contributed by atoms with Gasteiger partial charge in [0.25, 0.3) is 0 Å². The molecule has 0 atom stereocenters. The quantitative estimate of drug-likeness (QED) is 0.615. The SMILES string of the molecule is N#Cc1ccc(S(=O)(=O)N2CCC(CN3CCC(N4CSc5cc(F)ccc54)CC3)CC2)cc1. The van der Waals surface area contributed by atoms with Gasteiger partial charge in [-0.2, -0.15) is 9.57 Å².